The van der Waals surface area contributed by atoms with Gasteiger partial charge in [0.25, 0.3) is 11.5 Å². The van der Waals surface area contributed by atoms with Crippen LogP contribution in [0.15, 0.2) is 47.3 Å². The van der Waals surface area contributed by atoms with Crippen LogP contribution in [-0.4, -0.2) is 28.2 Å². The molecule has 0 atom stereocenters. The molecule has 0 unspecified atom stereocenters. The average molecular weight is 491 g/mol. The summed E-state index contributed by atoms with van der Waals surface area (Å²) in [6.45, 7) is 2.51. The van der Waals surface area contributed by atoms with Crippen molar-refractivity contribution in [2.75, 3.05) is 6.61 Å². The maximum atomic E-state index is 12.8. The minimum atomic E-state index is -0.623. The summed E-state index contributed by atoms with van der Waals surface area (Å²) in [5.74, 6) is -0.730. The number of carbonyl (C=O) groups excluding carboxylic acids is 2. The predicted octanol–water partition coefficient (Wildman–Crippen LogP) is 4.12. The van der Waals surface area contributed by atoms with Crippen LogP contribution in [0.4, 0.5) is 0 Å². The summed E-state index contributed by atoms with van der Waals surface area (Å²) >= 11 is 12.0. The van der Waals surface area contributed by atoms with Crippen LogP contribution in [0.2, 0.25) is 10.0 Å². The second kappa shape index (κ2) is 11.7. The van der Waals surface area contributed by atoms with Gasteiger partial charge in [0.15, 0.2) is 5.69 Å². The van der Waals surface area contributed by atoms with E-state index in [1.807, 2.05) is 0 Å². The summed E-state index contributed by atoms with van der Waals surface area (Å²) in [6.07, 6.45) is 2.68. The van der Waals surface area contributed by atoms with Gasteiger partial charge >= 0.3 is 0 Å². The van der Waals surface area contributed by atoms with Crippen molar-refractivity contribution in [2.45, 2.75) is 39.2 Å². The number of nitrogens with one attached hydrogen (secondary N) is 2. The van der Waals surface area contributed by atoms with E-state index in [2.05, 4.69) is 22.9 Å². The maximum absolute atomic E-state index is 12.8. The number of ether oxygens (including phenoxy) is 1. The lowest BCUT2D eigenvalue weighted by Crippen LogP contribution is -2.43. The summed E-state index contributed by atoms with van der Waals surface area (Å²) < 4.78 is 6.78. The van der Waals surface area contributed by atoms with Gasteiger partial charge in [0.2, 0.25) is 5.91 Å². The number of carbonyl (C=O) groups is 2. The van der Waals surface area contributed by atoms with Crippen LogP contribution in [0.3, 0.4) is 0 Å². The van der Waals surface area contributed by atoms with Crippen LogP contribution in [0.5, 0.6) is 5.75 Å². The van der Waals surface area contributed by atoms with Crippen LogP contribution >= 0.6 is 23.2 Å². The highest BCUT2D eigenvalue weighted by atomic mass is 35.5. The highest BCUT2D eigenvalue weighted by molar-refractivity contribution is 6.42. The third-order valence-corrected chi connectivity index (χ3v) is 5.68. The fraction of sp³-hybridized carbons (Fsp3) is 0.304. The molecule has 8 nitrogen and oxygen atoms in total. The number of nitrogens with zero attached hydrogens (tertiary/aromatic N) is 2. The van der Waals surface area contributed by atoms with Crippen molar-refractivity contribution in [2.24, 2.45) is 0 Å². The van der Waals surface area contributed by atoms with E-state index < -0.39 is 11.8 Å². The smallest absolute Gasteiger partial charge is 0.290 e. The summed E-state index contributed by atoms with van der Waals surface area (Å²) in [5, 5.41) is 5.68. The molecule has 2 amide bonds. The normalized spacial score (nSPS) is 10.8. The molecule has 1 aromatic heterocycles. The summed E-state index contributed by atoms with van der Waals surface area (Å²) in [6, 6.07) is 11.7. The Bertz CT molecular complexity index is 1210. The molecule has 2 aromatic carbocycles. The van der Waals surface area contributed by atoms with Gasteiger partial charge in [0.1, 0.15) is 10.8 Å². The standard InChI is InChI=1S/C23H24Cl2N4O4/c1-2-3-6-13-29-23(32)16-9-5-4-8-15(16)21(28-29)22(31)27-26-19(30)12-14-33-18-11-7-10-17(24)20(18)25/h4-5,7-11H,2-3,6,12-14H2,1H3,(H,26,30)(H,27,31). The fourth-order valence-corrected chi connectivity index (χ4v) is 3.51. The lowest BCUT2D eigenvalue weighted by Gasteiger charge is -2.12. The van der Waals surface area contributed by atoms with E-state index in [-0.39, 0.29) is 29.3 Å². The van der Waals surface area contributed by atoms with Crippen molar-refractivity contribution in [3.63, 3.8) is 0 Å². The first kappa shape index (κ1) is 24.5. The van der Waals surface area contributed by atoms with E-state index in [0.29, 0.717) is 28.1 Å². The molecule has 0 saturated carbocycles. The number of benzene rings is 2. The Morgan fingerprint density at radius 1 is 1.03 bits per heavy atom. The second-order valence-electron chi connectivity index (χ2n) is 7.28. The minimum absolute atomic E-state index is 0.0330. The Kier molecular flexibility index (Phi) is 8.68. The van der Waals surface area contributed by atoms with Crippen LogP contribution in [0, 0.1) is 0 Å². The number of aromatic nitrogens is 2. The number of hydrogen-bond donors (Lipinski definition) is 2. The van der Waals surface area contributed by atoms with Gasteiger partial charge in [-0.05, 0) is 24.6 Å². The van der Waals surface area contributed by atoms with Crippen molar-refractivity contribution in [1.82, 2.24) is 20.6 Å². The molecule has 0 aliphatic heterocycles. The monoisotopic (exact) mass is 490 g/mol. The Labute approximate surface area is 200 Å². The molecule has 0 spiro atoms. The zero-order valence-electron chi connectivity index (χ0n) is 18.1. The lowest BCUT2D eigenvalue weighted by molar-refractivity contribution is -0.122. The molecule has 0 fully saturated rings. The highest BCUT2D eigenvalue weighted by Crippen LogP contribution is 2.31. The van der Waals surface area contributed by atoms with Crippen molar-refractivity contribution in [1.29, 1.82) is 0 Å². The largest absolute Gasteiger partial charge is 0.491 e. The molecule has 2 N–H and O–H groups in total. The molecular formula is C23H24Cl2N4O4. The third-order valence-electron chi connectivity index (χ3n) is 4.87. The highest BCUT2D eigenvalue weighted by Gasteiger charge is 2.17. The Morgan fingerprint density at radius 2 is 1.79 bits per heavy atom. The molecule has 0 saturated heterocycles. The first-order valence-electron chi connectivity index (χ1n) is 10.6. The number of hydrazine groups is 1. The average Bonchev–Trinajstić information content (AvgIpc) is 2.82. The topological polar surface area (TPSA) is 102 Å². The minimum Gasteiger partial charge on any atom is -0.491 e. The van der Waals surface area contributed by atoms with Gasteiger partial charge in [0.05, 0.1) is 23.4 Å². The summed E-state index contributed by atoms with van der Waals surface area (Å²) in [4.78, 5) is 37.6. The molecule has 3 rings (SSSR count). The van der Waals surface area contributed by atoms with E-state index >= 15 is 0 Å². The van der Waals surface area contributed by atoms with E-state index in [0.717, 1.165) is 19.3 Å². The predicted molar refractivity (Wildman–Crippen MR) is 128 cm³/mol. The number of aryl methyl sites for hydroxylation is 1. The SMILES string of the molecule is CCCCCn1nc(C(=O)NNC(=O)CCOc2cccc(Cl)c2Cl)c2ccccc2c1=O. The molecule has 0 radical (unpaired) electrons. The van der Waals surface area contributed by atoms with Crippen LogP contribution in [-0.2, 0) is 11.3 Å². The van der Waals surface area contributed by atoms with Gasteiger partial charge in [-0.25, -0.2) is 4.68 Å². The molecule has 33 heavy (non-hydrogen) atoms. The van der Waals surface area contributed by atoms with E-state index in [9.17, 15) is 14.4 Å². The molecule has 3 aromatic rings. The Balaban J connectivity index is 1.64. The summed E-state index contributed by atoms with van der Waals surface area (Å²) in [7, 11) is 0. The van der Waals surface area contributed by atoms with E-state index in [4.69, 9.17) is 27.9 Å². The van der Waals surface area contributed by atoms with Crippen molar-refractivity contribution >= 4 is 45.8 Å². The molecule has 0 aliphatic rings. The number of hydrogen-bond acceptors (Lipinski definition) is 5. The second-order valence-corrected chi connectivity index (χ2v) is 8.07. The molecule has 0 aliphatic carbocycles. The molecule has 10 heteroatoms. The van der Waals surface area contributed by atoms with E-state index in [1.54, 1.807) is 42.5 Å². The first-order valence-corrected chi connectivity index (χ1v) is 11.3. The van der Waals surface area contributed by atoms with Crippen molar-refractivity contribution in [3.8, 4) is 5.75 Å². The van der Waals surface area contributed by atoms with Gasteiger partial charge < -0.3 is 4.74 Å². The van der Waals surface area contributed by atoms with Crippen LogP contribution in [0.1, 0.15) is 43.1 Å². The van der Waals surface area contributed by atoms with Gasteiger partial charge in [-0.3, -0.25) is 25.2 Å². The molecular weight excluding hydrogens is 467 g/mol. The molecule has 0 bridgehead atoms. The fourth-order valence-electron chi connectivity index (χ4n) is 3.16. The van der Waals surface area contributed by atoms with Gasteiger partial charge in [-0.15, -0.1) is 0 Å². The number of halogens is 2. The van der Waals surface area contributed by atoms with Crippen molar-refractivity contribution in [3.05, 3.63) is 68.6 Å². The Morgan fingerprint density at radius 3 is 2.55 bits per heavy atom. The third kappa shape index (κ3) is 6.24. The Hall–Kier alpha value is -3.10. The van der Waals surface area contributed by atoms with Gasteiger partial charge in [-0.1, -0.05) is 67.2 Å². The van der Waals surface area contributed by atoms with Gasteiger partial charge in [0, 0.05) is 11.9 Å². The van der Waals surface area contributed by atoms with Crippen LogP contribution in [0.25, 0.3) is 10.8 Å². The quantitative estimate of drug-likeness (QED) is 0.346. The summed E-state index contributed by atoms with van der Waals surface area (Å²) in [5.41, 5.74) is 4.50. The zero-order chi connectivity index (χ0) is 23.8. The zero-order valence-corrected chi connectivity index (χ0v) is 19.6. The first-order chi connectivity index (χ1) is 15.9. The maximum Gasteiger partial charge on any atom is 0.290 e. The van der Waals surface area contributed by atoms with E-state index in [1.165, 1.54) is 4.68 Å². The number of fused-ring (bicyclic) bond motifs is 1. The molecule has 174 valence electrons. The van der Waals surface area contributed by atoms with Gasteiger partial charge in [-0.2, -0.15) is 5.10 Å². The number of amides is 2. The van der Waals surface area contributed by atoms with Crippen molar-refractivity contribution < 1.29 is 14.3 Å². The number of unbranched alkanes of at least 4 members (excludes halogenated alkanes) is 2. The lowest BCUT2D eigenvalue weighted by atomic mass is 10.1. The number of rotatable bonds is 9. The van der Waals surface area contributed by atoms with Crippen LogP contribution < -0.4 is 21.1 Å². The molecule has 1 heterocycles.